The highest BCUT2D eigenvalue weighted by molar-refractivity contribution is 5.94. The van der Waals surface area contributed by atoms with Gasteiger partial charge in [0.2, 0.25) is 0 Å². The van der Waals surface area contributed by atoms with Gasteiger partial charge in [0.15, 0.2) is 0 Å². The summed E-state index contributed by atoms with van der Waals surface area (Å²) in [6.07, 6.45) is 0. The number of nitrogens with one attached hydrogen (secondary N) is 1. The van der Waals surface area contributed by atoms with E-state index in [2.05, 4.69) is 10.4 Å². The maximum atomic E-state index is 12.9. The number of rotatable bonds is 5. The first-order valence-electron chi connectivity index (χ1n) is 8.84. The SMILES string of the molecule is O=C(NCc1ccccc1)c1cc(-c2ccccc2)nn1-c1ccccc1. The predicted octanol–water partition coefficient (Wildman–Crippen LogP) is 4.47. The molecule has 132 valence electrons. The van der Waals surface area contributed by atoms with Gasteiger partial charge in [-0.1, -0.05) is 78.9 Å². The Labute approximate surface area is 158 Å². The predicted molar refractivity (Wildman–Crippen MR) is 107 cm³/mol. The fraction of sp³-hybridized carbons (Fsp3) is 0.0435. The molecule has 27 heavy (non-hydrogen) atoms. The molecule has 4 rings (SSSR count). The van der Waals surface area contributed by atoms with Gasteiger partial charge in [-0.15, -0.1) is 0 Å². The monoisotopic (exact) mass is 353 g/mol. The number of benzene rings is 3. The maximum Gasteiger partial charge on any atom is 0.270 e. The first-order valence-corrected chi connectivity index (χ1v) is 8.84. The van der Waals surface area contributed by atoms with Gasteiger partial charge >= 0.3 is 0 Å². The number of aromatic nitrogens is 2. The standard InChI is InChI=1S/C23H19N3O/c27-23(24-17-18-10-4-1-5-11-18)22-16-21(19-12-6-2-7-13-19)25-26(22)20-14-8-3-9-15-20/h1-16H,17H2,(H,24,27). The van der Waals surface area contributed by atoms with Crippen LogP contribution in [-0.2, 0) is 6.54 Å². The van der Waals surface area contributed by atoms with Crippen molar-refractivity contribution in [2.45, 2.75) is 6.54 Å². The lowest BCUT2D eigenvalue weighted by atomic mass is 10.1. The lowest BCUT2D eigenvalue weighted by molar-refractivity contribution is 0.0943. The Kier molecular flexibility index (Phi) is 4.79. The zero-order valence-corrected chi connectivity index (χ0v) is 14.7. The van der Waals surface area contributed by atoms with Gasteiger partial charge in [0.1, 0.15) is 5.69 Å². The lowest BCUT2D eigenvalue weighted by Crippen LogP contribution is -2.25. The van der Waals surface area contributed by atoms with Crippen LogP contribution in [0.5, 0.6) is 0 Å². The molecule has 1 aromatic heterocycles. The number of carbonyl (C=O) groups excluding carboxylic acids is 1. The summed E-state index contributed by atoms with van der Waals surface area (Å²) in [4.78, 5) is 12.9. The van der Waals surface area contributed by atoms with Crippen molar-refractivity contribution >= 4 is 5.91 Å². The fourth-order valence-corrected chi connectivity index (χ4v) is 2.93. The molecule has 1 N–H and O–H groups in total. The van der Waals surface area contributed by atoms with Crippen LogP contribution in [0.25, 0.3) is 16.9 Å². The van der Waals surface area contributed by atoms with E-state index in [9.17, 15) is 4.79 Å². The van der Waals surface area contributed by atoms with Crippen molar-refractivity contribution in [1.82, 2.24) is 15.1 Å². The van der Waals surface area contributed by atoms with E-state index in [0.717, 1.165) is 22.5 Å². The van der Waals surface area contributed by atoms with Crippen molar-refractivity contribution in [3.05, 3.63) is 108 Å². The van der Waals surface area contributed by atoms with E-state index in [-0.39, 0.29) is 5.91 Å². The van der Waals surface area contributed by atoms with Crippen LogP contribution < -0.4 is 5.32 Å². The smallest absolute Gasteiger partial charge is 0.270 e. The van der Waals surface area contributed by atoms with Gasteiger partial charge in [-0.2, -0.15) is 5.10 Å². The third-order valence-electron chi connectivity index (χ3n) is 4.31. The molecule has 0 spiro atoms. The summed E-state index contributed by atoms with van der Waals surface area (Å²) >= 11 is 0. The Morgan fingerprint density at radius 1 is 0.815 bits per heavy atom. The molecule has 0 unspecified atom stereocenters. The van der Waals surface area contributed by atoms with Crippen LogP contribution in [0.4, 0.5) is 0 Å². The van der Waals surface area contributed by atoms with Gasteiger partial charge in [-0.3, -0.25) is 4.79 Å². The quantitative estimate of drug-likeness (QED) is 0.575. The molecule has 4 heteroatoms. The van der Waals surface area contributed by atoms with E-state index in [1.54, 1.807) is 4.68 Å². The summed E-state index contributed by atoms with van der Waals surface area (Å²) in [7, 11) is 0. The van der Waals surface area contributed by atoms with E-state index in [1.165, 1.54) is 0 Å². The Morgan fingerprint density at radius 2 is 1.41 bits per heavy atom. The van der Waals surface area contributed by atoms with Gasteiger partial charge in [0, 0.05) is 12.1 Å². The number of para-hydroxylation sites is 1. The summed E-state index contributed by atoms with van der Waals surface area (Å²) < 4.78 is 1.70. The molecular formula is C23H19N3O. The van der Waals surface area contributed by atoms with Crippen LogP contribution >= 0.6 is 0 Å². The van der Waals surface area contributed by atoms with Crippen molar-refractivity contribution in [2.75, 3.05) is 0 Å². The Balaban J connectivity index is 1.67. The van der Waals surface area contributed by atoms with Gasteiger partial charge in [-0.05, 0) is 23.8 Å². The summed E-state index contributed by atoms with van der Waals surface area (Å²) in [5, 5.41) is 7.67. The van der Waals surface area contributed by atoms with Crippen molar-refractivity contribution in [3.63, 3.8) is 0 Å². The molecule has 0 bridgehead atoms. The second-order valence-electron chi connectivity index (χ2n) is 6.20. The highest BCUT2D eigenvalue weighted by Crippen LogP contribution is 2.21. The van der Waals surface area contributed by atoms with Crippen LogP contribution in [0.3, 0.4) is 0 Å². The summed E-state index contributed by atoms with van der Waals surface area (Å²) in [6.45, 7) is 0.473. The van der Waals surface area contributed by atoms with Gasteiger partial charge in [0.25, 0.3) is 5.91 Å². The zero-order valence-electron chi connectivity index (χ0n) is 14.7. The molecule has 1 heterocycles. The number of carbonyl (C=O) groups is 1. The van der Waals surface area contributed by atoms with E-state index in [4.69, 9.17) is 0 Å². The third kappa shape index (κ3) is 3.80. The first-order chi connectivity index (χ1) is 13.3. The van der Waals surface area contributed by atoms with E-state index >= 15 is 0 Å². The zero-order chi connectivity index (χ0) is 18.5. The molecule has 1 amide bonds. The second kappa shape index (κ2) is 7.70. The topological polar surface area (TPSA) is 46.9 Å². The number of hydrogen-bond acceptors (Lipinski definition) is 2. The third-order valence-corrected chi connectivity index (χ3v) is 4.31. The van der Waals surface area contributed by atoms with E-state index < -0.39 is 0 Å². The molecule has 0 aliphatic carbocycles. The van der Waals surface area contributed by atoms with Crippen molar-refractivity contribution in [1.29, 1.82) is 0 Å². The number of hydrogen-bond donors (Lipinski definition) is 1. The van der Waals surface area contributed by atoms with Crippen LogP contribution in [0.2, 0.25) is 0 Å². The van der Waals surface area contributed by atoms with Crippen molar-refractivity contribution in [3.8, 4) is 16.9 Å². The Bertz CT molecular complexity index is 1030. The lowest BCUT2D eigenvalue weighted by Gasteiger charge is -2.08. The highest BCUT2D eigenvalue weighted by atomic mass is 16.2. The fourth-order valence-electron chi connectivity index (χ4n) is 2.93. The average Bonchev–Trinajstić information content (AvgIpc) is 3.20. The van der Waals surface area contributed by atoms with E-state index in [1.807, 2.05) is 97.1 Å². The van der Waals surface area contributed by atoms with E-state index in [0.29, 0.717) is 12.2 Å². The van der Waals surface area contributed by atoms with Crippen LogP contribution in [0.1, 0.15) is 16.1 Å². The molecule has 0 saturated heterocycles. The maximum absolute atomic E-state index is 12.9. The van der Waals surface area contributed by atoms with Crippen LogP contribution in [-0.4, -0.2) is 15.7 Å². The number of nitrogens with zero attached hydrogens (tertiary/aromatic N) is 2. The molecule has 0 aliphatic rings. The van der Waals surface area contributed by atoms with Crippen molar-refractivity contribution in [2.24, 2.45) is 0 Å². The first kappa shape index (κ1) is 16.8. The van der Waals surface area contributed by atoms with Crippen LogP contribution in [0, 0.1) is 0 Å². The second-order valence-corrected chi connectivity index (χ2v) is 6.20. The summed E-state index contributed by atoms with van der Waals surface area (Å²) in [5.74, 6) is -0.155. The molecule has 4 nitrogen and oxygen atoms in total. The molecule has 0 aliphatic heterocycles. The Hall–Kier alpha value is -3.66. The normalized spacial score (nSPS) is 10.5. The minimum absolute atomic E-state index is 0.155. The molecule has 0 fully saturated rings. The number of amides is 1. The molecule has 4 aromatic rings. The molecule has 0 radical (unpaired) electrons. The van der Waals surface area contributed by atoms with Gasteiger partial charge in [0.05, 0.1) is 11.4 Å². The minimum Gasteiger partial charge on any atom is -0.347 e. The minimum atomic E-state index is -0.155. The average molecular weight is 353 g/mol. The van der Waals surface area contributed by atoms with Crippen molar-refractivity contribution < 1.29 is 4.79 Å². The molecule has 0 atom stereocenters. The molecule has 3 aromatic carbocycles. The Morgan fingerprint density at radius 3 is 2.07 bits per heavy atom. The molecular weight excluding hydrogens is 334 g/mol. The summed E-state index contributed by atoms with van der Waals surface area (Å²) in [6, 6.07) is 31.3. The van der Waals surface area contributed by atoms with Crippen LogP contribution in [0.15, 0.2) is 97.1 Å². The van der Waals surface area contributed by atoms with Gasteiger partial charge in [-0.25, -0.2) is 4.68 Å². The highest BCUT2D eigenvalue weighted by Gasteiger charge is 2.17. The largest absolute Gasteiger partial charge is 0.347 e. The van der Waals surface area contributed by atoms with Gasteiger partial charge < -0.3 is 5.32 Å². The molecule has 0 saturated carbocycles. The summed E-state index contributed by atoms with van der Waals surface area (Å²) in [5.41, 5.74) is 4.16.